The van der Waals surface area contributed by atoms with Gasteiger partial charge in [0.2, 0.25) is 5.91 Å². The number of methoxy groups -OCH3 is 1. The van der Waals surface area contributed by atoms with E-state index in [1.165, 1.54) is 17.6 Å². The molecule has 2 aliphatic heterocycles. The van der Waals surface area contributed by atoms with Gasteiger partial charge in [0.25, 0.3) is 10.0 Å². The molecular weight excluding hydrogens is 470 g/mol. The monoisotopic (exact) mass is 499 g/mol. The number of aryl methyl sites for hydroxylation is 2. The molecule has 2 aliphatic rings. The van der Waals surface area contributed by atoms with Crippen molar-refractivity contribution >= 4 is 32.8 Å². The molecule has 1 fully saturated rings. The Morgan fingerprint density at radius 3 is 2.57 bits per heavy atom. The summed E-state index contributed by atoms with van der Waals surface area (Å²) in [4.78, 5) is 34.8. The van der Waals surface area contributed by atoms with Gasteiger partial charge in [0, 0.05) is 73.9 Å². The highest BCUT2D eigenvalue weighted by molar-refractivity contribution is 7.89. The molecule has 186 valence electrons. The van der Waals surface area contributed by atoms with E-state index in [1.54, 1.807) is 24.6 Å². The van der Waals surface area contributed by atoms with Crippen LogP contribution in [0, 0.1) is 12.8 Å². The van der Waals surface area contributed by atoms with Crippen LogP contribution in [-0.2, 0) is 39.6 Å². The van der Waals surface area contributed by atoms with Crippen molar-refractivity contribution in [3.05, 3.63) is 47.0 Å². The van der Waals surface area contributed by atoms with Crippen LogP contribution in [-0.4, -0.2) is 70.8 Å². The lowest BCUT2D eigenvalue weighted by molar-refractivity contribution is -0.137. The van der Waals surface area contributed by atoms with Crippen molar-refractivity contribution in [1.82, 2.24) is 23.7 Å². The zero-order valence-electron chi connectivity index (χ0n) is 20.1. The molecule has 0 saturated carbocycles. The summed E-state index contributed by atoms with van der Waals surface area (Å²) in [5.74, 6) is 0.0754. The van der Waals surface area contributed by atoms with E-state index in [0.29, 0.717) is 56.8 Å². The Balaban J connectivity index is 1.28. The number of hydrogen-bond acceptors (Lipinski definition) is 6. The summed E-state index contributed by atoms with van der Waals surface area (Å²) < 4.78 is 33.9. The van der Waals surface area contributed by atoms with Crippen LogP contribution < -0.4 is 0 Å². The molecule has 0 atom stereocenters. The Morgan fingerprint density at radius 2 is 1.91 bits per heavy atom. The number of benzene rings is 1. The minimum Gasteiger partial charge on any atom is -0.465 e. The van der Waals surface area contributed by atoms with Crippen LogP contribution >= 0.6 is 0 Å². The molecule has 0 spiro atoms. The number of nitrogens with one attached hydrogen (secondary N) is 1. The largest absolute Gasteiger partial charge is 0.465 e. The quantitative estimate of drug-likeness (QED) is 0.549. The highest BCUT2D eigenvalue weighted by atomic mass is 32.2. The molecule has 1 aromatic carbocycles. The third-order valence-corrected chi connectivity index (χ3v) is 8.97. The molecule has 5 rings (SSSR count). The lowest BCUT2D eigenvalue weighted by atomic mass is 9.94. The number of nitrogens with zero attached hydrogens (tertiary/aromatic N) is 4. The molecule has 3 aromatic rings. The molecule has 4 heterocycles. The van der Waals surface area contributed by atoms with E-state index in [9.17, 15) is 18.0 Å². The van der Waals surface area contributed by atoms with Gasteiger partial charge in [0.05, 0.1) is 12.7 Å². The second-order valence-corrected chi connectivity index (χ2v) is 11.1. The number of amides is 1. The van der Waals surface area contributed by atoms with Crippen molar-refractivity contribution in [2.24, 2.45) is 13.0 Å². The molecule has 35 heavy (non-hydrogen) atoms. The lowest BCUT2D eigenvalue weighted by Gasteiger charge is -2.35. The molecule has 10 nitrogen and oxygen atoms in total. The number of sulfonamides is 1. The second kappa shape index (κ2) is 8.80. The molecule has 11 heteroatoms. The Bertz CT molecular complexity index is 1400. The lowest BCUT2D eigenvalue weighted by Crippen LogP contribution is -2.45. The van der Waals surface area contributed by atoms with Gasteiger partial charge < -0.3 is 19.2 Å². The standard InChI is InChI=1S/C24H29N5O5S/c1-15-25-22(14-27(15)2)35(32,33)29-10-6-16(7-11-29)23(30)28-9-8-21-19(13-28)18-12-17(24(31)34-3)4-5-20(18)26-21/h4-5,12,14,16,26H,6-11,13H2,1-3H3. The molecule has 1 amide bonds. The number of H-pyrrole nitrogens is 1. The fourth-order valence-electron chi connectivity index (χ4n) is 5.03. The zero-order valence-corrected chi connectivity index (χ0v) is 20.9. The Morgan fingerprint density at radius 1 is 1.17 bits per heavy atom. The number of imidazole rings is 1. The highest BCUT2D eigenvalue weighted by Gasteiger charge is 2.36. The predicted molar refractivity (Wildman–Crippen MR) is 128 cm³/mol. The van der Waals surface area contributed by atoms with E-state index in [1.807, 2.05) is 17.0 Å². The van der Waals surface area contributed by atoms with Crippen LogP contribution in [0.4, 0.5) is 0 Å². The number of rotatable bonds is 4. The Hall–Kier alpha value is -3.18. The van der Waals surface area contributed by atoms with Gasteiger partial charge in [0.1, 0.15) is 5.82 Å². The first kappa shape index (κ1) is 23.6. The number of aromatic amines is 1. The van der Waals surface area contributed by atoms with Gasteiger partial charge in [-0.15, -0.1) is 0 Å². The summed E-state index contributed by atoms with van der Waals surface area (Å²) in [5.41, 5.74) is 3.51. The van der Waals surface area contributed by atoms with Gasteiger partial charge in [-0.05, 0) is 38.0 Å². The number of fused-ring (bicyclic) bond motifs is 3. The molecule has 0 aliphatic carbocycles. The average molecular weight is 500 g/mol. The van der Waals surface area contributed by atoms with Crippen LogP contribution in [0.25, 0.3) is 10.9 Å². The topological polar surface area (TPSA) is 118 Å². The molecule has 0 radical (unpaired) electrons. The number of carbonyl (C=O) groups excluding carboxylic acids is 2. The summed E-state index contributed by atoms with van der Waals surface area (Å²) in [7, 11) is -0.555. The fourth-order valence-corrected chi connectivity index (χ4v) is 6.53. The smallest absolute Gasteiger partial charge is 0.337 e. The van der Waals surface area contributed by atoms with Gasteiger partial charge in [-0.2, -0.15) is 4.31 Å². The van der Waals surface area contributed by atoms with Crippen LogP contribution in [0.15, 0.2) is 29.4 Å². The Kier molecular flexibility index (Phi) is 5.92. The van der Waals surface area contributed by atoms with Crippen molar-refractivity contribution in [2.45, 2.75) is 37.8 Å². The van der Waals surface area contributed by atoms with Crippen LogP contribution in [0.1, 0.15) is 40.3 Å². The van der Waals surface area contributed by atoms with Crippen molar-refractivity contribution in [2.75, 3.05) is 26.7 Å². The minimum absolute atomic E-state index is 0.0523. The first-order valence-electron chi connectivity index (χ1n) is 11.7. The molecule has 1 saturated heterocycles. The molecule has 1 N–H and O–H groups in total. The van der Waals surface area contributed by atoms with Gasteiger partial charge in [-0.3, -0.25) is 4.79 Å². The van der Waals surface area contributed by atoms with Gasteiger partial charge in [-0.1, -0.05) is 0 Å². The van der Waals surface area contributed by atoms with E-state index < -0.39 is 16.0 Å². The van der Waals surface area contributed by atoms with E-state index in [-0.39, 0.29) is 16.9 Å². The predicted octanol–water partition coefficient (Wildman–Crippen LogP) is 1.98. The second-order valence-electron chi connectivity index (χ2n) is 9.26. The fraction of sp³-hybridized carbons (Fsp3) is 0.458. The van der Waals surface area contributed by atoms with Crippen LogP contribution in [0.3, 0.4) is 0 Å². The SMILES string of the molecule is COC(=O)c1ccc2[nH]c3c(c2c1)CN(C(=O)C1CCN(S(=O)(=O)c2cn(C)c(C)n2)CC1)CC3. The van der Waals surface area contributed by atoms with Crippen LogP contribution in [0.2, 0.25) is 0 Å². The van der Waals surface area contributed by atoms with Crippen molar-refractivity contribution in [1.29, 1.82) is 0 Å². The van der Waals surface area contributed by atoms with Gasteiger partial charge in [-0.25, -0.2) is 18.2 Å². The number of ether oxygens (including phenoxy) is 1. The van der Waals surface area contributed by atoms with E-state index in [0.717, 1.165) is 22.2 Å². The molecule has 0 unspecified atom stereocenters. The first-order chi connectivity index (χ1) is 16.7. The van der Waals surface area contributed by atoms with Crippen molar-refractivity contribution in [3.63, 3.8) is 0 Å². The summed E-state index contributed by atoms with van der Waals surface area (Å²) >= 11 is 0. The summed E-state index contributed by atoms with van der Waals surface area (Å²) in [5, 5.41) is 0.975. The maximum Gasteiger partial charge on any atom is 0.337 e. The zero-order chi connectivity index (χ0) is 24.9. The third-order valence-electron chi connectivity index (χ3n) is 7.20. The number of carbonyl (C=O) groups is 2. The number of esters is 1. The van der Waals surface area contributed by atoms with E-state index in [2.05, 4.69) is 9.97 Å². The number of hydrogen-bond donors (Lipinski definition) is 1. The summed E-state index contributed by atoms with van der Waals surface area (Å²) in [6.45, 7) is 3.42. The highest BCUT2D eigenvalue weighted by Crippen LogP contribution is 2.31. The number of aromatic nitrogens is 3. The number of piperidine rings is 1. The first-order valence-corrected chi connectivity index (χ1v) is 13.1. The maximum atomic E-state index is 13.4. The minimum atomic E-state index is -3.67. The van der Waals surface area contributed by atoms with Crippen LogP contribution in [0.5, 0.6) is 0 Å². The molecular formula is C24H29N5O5S. The average Bonchev–Trinajstić information content (AvgIpc) is 3.41. The molecule has 2 aromatic heterocycles. The Labute approximate surface area is 203 Å². The van der Waals surface area contributed by atoms with Gasteiger partial charge in [0.15, 0.2) is 5.03 Å². The molecule has 0 bridgehead atoms. The summed E-state index contributed by atoms with van der Waals surface area (Å²) in [6, 6.07) is 5.41. The van der Waals surface area contributed by atoms with E-state index in [4.69, 9.17) is 4.74 Å². The maximum absolute atomic E-state index is 13.4. The third kappa shape index (κ3) is 4.12. The van der Waals surface area contributed by atoms with Gasteiger partial charge >= 0.3 is 5.97 Å². The van der Waals surface area contributed by atoms with E-state index >= 15 is 0 Å². The van der Waals surface area contributed by atoms with Crippen molar-refractivity contribution in [3.8, 4) is 0 Å². The summed E-state index contributed by atoms with van der Waals surface area (Å²) in [6.07, 6.45) is 3.19. The normalized spacial score (nSPS) is 17.5. The van der Waals surface area contributed by atoms with Crippen molar-refractivity contribution < 1.29 is 22.7 Å².